The van der Waals surface area contributed by atoms with Crippen LogP contribution in [-0.2, 0) is 4.79 Å². The molecule has 1 aliphatic carbocycles. The van der Waals surface area contributed by atoms with Crippen molar-refractivity contribution in [2.45, 2.75) is 57.4 Å². The summed E-state index contributed by atoms with van der Waals surface area (Å²) in [7, 11) is 0. The highest BCUT2D eigenvalue weighted by atomic mass is 35.5. The average Bonchev–Trinajstić information content (AvgIpc) is 2.45. The van der Waals surface area contributed by atoms with Gasteiger partial charge in [-0.25, -0.2) is 0 Å². The molecule has 1 aromatic carbocycles. The van der Waals surface area contributed by atoms with Crippen molar-refractivity contribution in [3.05, 3.63) is 35.9 Å². The molecular formula is C18H29ClN2O. The van der Waals surface area contributed by atoms with E-state index in [1.807, 2.05) is 6.07 Å². The number of hydrogen-bond donors (Lipinski definition) is 2. The molecule has 0 aliphatic heterocycles. The predicted molar refractivity (Wildman–Crippen MR) is 94.1 cm³/mol. The van der Waals surface area contributed by atoms with Crippen molar-refractivity contribution in [3.63, 3.8) is 0 Å². The van der Waals surface area contributed by atoms with E-state index in [9.17, 15) is 4.79 Å². The Morgan fingerprint density at radius 3 is 2.41 bits per heavy atom. The Balaban J connectivity index is 0.00000242. The maximum Gasteiger partial charge on any atom is 0.220 e. The van der Waals surface area contributed by atoms with Gasteiger partial charge in [-0.1, -0.05) is 49.6 Å². The van der Waals surface area contributed by atoms with Gasteiger partial charge in [0, 0.05) is 6.42 Å². The van der Waals surface area contributed by atoms with Crippen molar-refractivity contribution in [3.8, 4) is 0 Å². The predicted octanol–water partition coefficient (Wildman–Crippen LogP) is 3.98. The first kappa shape index (κ1) is 19.0. The van der Waals surface area contributed by atoms with Gasteiger partial charge in [0.1, 0.15) is 0 Å². The van der Waals surface area contributed by atoms with E-state index in [2.05, 4.69) is 29.6 Å². The van der Waals surface area contributed by atoms with Gasteiger partial charge in [-0.05, 0) is 43.7 Å². The summed E-state index contributed by atoms with van der Waals surface area (Å²) in [6.07, 6.45) is 8.67. The standard InChI is InChI=1S/C18H28N2O.ClH/c19-14-7-2-1-6-13-17(21)20-18(16-11-8-12-16)15-9-4-3-5-10-15;/h3-5,9-10,16,18H,1-2,6-8,11-14,19H2,(H,20,21);1H. The maximum absolute atomic E-state index is 12.2. The molecule has 0 bridgehead atoms. The summed E-state index contributed by atoms with van der Waals surface area (Å²) in [5.41, 5.74) is 6.73. The number of carbonyl (C=O) groups excluding carboxylic acids is 1. The Bertz CT molecular complexity index is 420. The van der Waals surface area contributed by atoms with Crippen LogP contribution in [0.25, 0.3) is 0 Å². The Kier molecular flexibility index (Phi) is 9.17. The molecule has 124 valence electrons. The first-order chi connectivity index (χ1) is 10.3. The Morgan fingerprint density at radius 1 is 1.14 bits per heavy atom. The van der Waals surface area contributed by atoms with Gasteiger partial charge >= 0.3 is 0 Å². The molecule has 4 heteroatoms. The van der Waals surface area contributed by atoms with E-state index in [1.54, 1.807) is 0 Å². The van der Waals surface area contributed by atoms with Gasteiger partial charge in [-0.15, -0.1) is 12.4 Å². The van der Waals surface area contributed by atoms with Crippen LogP contribution in [0.3, 0.4) is 0 Å². The second kappa shape index (κ2) is 10.6. The minimum Gasteiger partial charge on any atom is -0.349 e. The number of amides is 1. The van der Waals surface area contributed by atoms with E-state index in [0.29, 0.717) is 12.3 Å². The van der Waals surface area contributed by atoms with Crippen LogP contribution in [0.15, 0.2) is 30.3 Å². The van der Waals surface area contributed by atoms with Gasteiger partial charge in [-0.2, -0.15) is 0 Å². The molecule has 1 fully saturated rings. The highest BCUT2D eigenvalue weighted by Gasteiger charge is 2.29. The largest absolute Gasteiger partial charge is 0.349 e. The molecule has 1 aromatic rings. The average molecular weight is 325 g/mol. The summed E-state index contributed by atoms with van der Waals surface area (Å²) in [5, 5.41) is 3.26. The lowest BCUT2D eigenvalue weighted by atomic mass is 9.77. The van der Waals surface area contributed by atoms with Gasteiger partial charge in [0.05, 0.1) is 6.04 Å². The number of unbranched alkanes of at least 4 members (excludes halogenated alkanes) is 3. The van der Waals surface area contributed by atoms with Gasteiger partial charge < -0.3 is 11.1 Å². The number of nitrogens with two attached hydrogens (primary N) is 1. The number of hydrogen-bond acceptors (Lipinski definition) is 2. The molecule has 0 aromatic heterocycles. The second-order valence-corrected chi connectivity index (χ2v) is 6.10. The van der Waals surface area contributed by atoms with E-state index in [1.165, 1.54) is 24.8 Å². The zero-order valence-electron chi connectivity index (χ0n) is 13.3. The third-order valence-corrected chi connectivity index (χ3v) is 4.45. The van der Waals surface area contributed by atoms with Crippen LogP contribution in [0.2, 0.25) is 0 Å². The lowest BCUT2D eigenvalue weighted by Crippen LogP contribution is -2.36. The first-order valence-electron chi connectivity index (χ1n) is 8.35. The quantitative estimate of drug-likeness (QED) is 0.675. The van der Waals surface area contributed by atoms with Gasteiger partial charge in [0.15, 0.2) is 0 Å². The van der Waals surface area contributed by atoms with Gasteiger partial charge in [0.25, 0.3) is 0 Å². The minimum absolute atomic E-state index is 0. The highest BCUT2D eigenvalue weighted by Crippen LogP contribution is 2.37. The zero-order valence-corrected chi connectivity index (χ0v) is 14.1. The van der Waals surface area contributed by atoms with Crippen molar-refractivity contribution >= 4 is 18.3 Å². The van der Waals surface area contributed by atoms with E-state index < -0.39 is 0 Å². The SMILES string of the molecule is Cl.NCCCCCCC(=O)NC(c1ccccc1)C1CCC1. The number of rotatable bonds is 9. The highest BCUT2D eigenvalue weighted by molar-refractivity contribution is 5.85. The smallest absolute Gasteiger partial charge is 0.220 e. The summed E-state index contributed by atoms with van der Waals surface area (Å²) in [5.74, 6) is 0.817. The summed E-state index contributed by atoms with van der Waals surface area (Å²) in [6.45, 7) is 0.754. The van der Waals surface area contributed by atoms with Gasteiger partial charge in [-0.3, -0.25) is 4.79 Å². The molecule has 0 spiro atoms. The van der Waals surface area contributed by atoms with E-state index >= 15 is 0 Å². The van der Waals surface area contributed by atoms with Crippen LogP contribution in [0.4, 0.5) is 0 Å². The van der Waals surface area contributed by atoms with Crippen molar-refractivity contribution in [2.24, 2.45) is 11.7 Å². The topological polar surface area (TPSA) is 55.1 Å². The number of benzene rings is 1. The third-order valence-electron chi connectivity index (χ3n) is 4.45. The summed E-state index contributed by atoms with van der Waals surface area (Å²) >= 11 is 0. The number of nitrogens with one attached hydrogen (secondary N) is 1. The normalized spacial score (nSPS) is 15.5. The monoisotopic (exact) mass is 324 g/mol. The first-order valence-corrected chi connectivity index (χ1v) is 8.35. The van der Waals surface area contributed by atoms with Gasteiger partial charge in [0.2, 0.25) is 5.91 Å². The zero-order chi connectivity index (χ0) is 14.9. The molecule has 2 rings (SSSR count). The Hall–Kier alpha value is -1.06. The molecule has 1 amide bonds. The second-order valence-electron chi connectivity index (χ2n) is 6.10. The van der Waals surface area contributed by atoms with Crippen LogP contribution in [-0.4, -0.2) is 12.5 Å². The number of halogens is 1. The van der Waals surface area contributed by atoms with E-state index in [0.717, 1.165) is 32.2 Å². The molecule has 22 heavy (non-hydrogen) atoms. The maximum atomic E-state index is 12.2. The van der Waals surface area contributed by atoms with E-state index in [-0.39, 0.29) is 24.4 Å². The van der Waals surface area contributed by atoms with Crippen LogP contribution in [0, 0.1) is 5.92 Å². The molecular weight excluding hydrogens is 296 g/mol. The molecule has 1 saturated carbocycles. The van der Waals surface area contributed by atoms with Crippen molar-refractivity contribution in [2.75, 3.05) is 6.54 Å². The van der Waals surface area contributed by atoms with Crippen LogP contribution < -0.4 is 11.1 Å². The molecule has 1 atom stereocenters. The summed E-state index contributed by atoms with van der Waals surface area (Å²) < 4.78 is 0. The van der Waals surface area contributed by atoms with Crippen LogP contribution in [0.1, 0.15) is 63.0 Å². The van der Waals surface area contributed by atoms with Crippen molar-refractivity contribution in [1.82, 2.24) is 5.32 Å². The van der Waals surface area contributed by atoms with E-state index in [4.69, 9.17) is 5.73 Å². The van der Waals surface area contributed by atoms with Crippen molar-refractivity contribution < 1.29 is 4.79 Å². The molecule has 0 radical (unpaired) electrons. The molecule has 0 saturated heterocycles. The van der Waals surface area contributed by atoms with Crippen LogP contribution in [0.5, 0.6) is 0 Å². The Labute approximate surface area is 140 Å². The summed E-state index contributed by atoms with van der Waals surface area (Å²) in [4.78, 5) is 12.2. The molecule has 0 heterocycles. The Morgan fingerprint density at radius 2 is 1.82 bits per heavy atom. The molecule has 3 N–H and O–H groups in total. The molecule has 1 unspecified atom stereocenters. The fourth-order valence-corrected chi connectivity index (χ4v) is 2.94. The number of carbonyl (C=O) groups is 1. The fraction of sp³-hybridized carbons (Fsp3) is 0.611. The lowest BCUT2D eigenvalue weighted by Gasteiger charge is -2.34. The molecule has 1 aliphatic rings. The minimum atomic E-state index is 0. The molecule has 3 nitrogen and oxygen atoms in total. The fourth-order valence-electron chi connectivity index (χ4n) is 2.94. The third kappa shape index (κ3) is 5.98. The lowest BCUT2D eigenvalue weighted by molar-refractivity contribution is -0.122. The van der Waals surface area contributed by atoms with Crippen LogP contribution >= 0.6 is 12.4 Å². The van der Waals surface area contributed by atoms with Crippen molar-refractivity contribution in [1.29, 1.82) is 0 Å². The summed E-state index contributed by atoms with van der Waals surface area (Å²) in [6, 6.07) is 10.6.